The summed E-state index contributed by atoms with van der Waals surface area (Å²) < 4.78 is 8.89. The van der Waals surface area contributed by atoms with Crippen LogP contribution in [0.3, 0.4) is 0 Å². The van der Waals surface area contributed by atoms with Crippen LogP contribution in [-0.2, 0) is 0 Å². The molecule has 5 rings (SSSR count). The van der Waals surface area contributed by atoms with E-state index in [4.69, 9.17) is 9.40 Å². The first-order valence-electron chi connectivity index (χ1n) is 8.81. The summed E-state index contributed by atoms with van der Waals surface area (Å²) in [5.74, 6) is 0.591. The highest BCUT2D eigenvalue weighted by Crippen LogP contribution is 2.35. The molecule has 5 aromatic rings. The van der Waals surface area contributed by atoms with Crippen LogP contribution in [0.2, 0.25) is 0 Å². The van der Waals surface area contributed by atoms with Crippen LogP contribution in [0, 0.1) is 6.92 Å². The van der Waals surface area contributed by atoms with Gasteiger partial charge in [0.1, 0.15) is 18.2 Å². The summed E-state index contributed by atoms with van der Waals surface area (Å²) in [6, 6.07) is 20.4. The fraction of sp³-hybridized carbons (Fsp3) is 0.0455. The third-order valence-electron chi connectivity index (χ3n) is 4.78. The molecule has 0 radical (unpaired) electrons. The number of hydrogen-bond acceptors (Lipinski definition) is 4. The Hall–Kier alpha value is -3.25. The van der Waals surface area contributed by atoms with E-state index in [-0.39, 0.29) is 0 Å². The quantitative estimate of drug-likeness (QED) is 0.362. The molecule has 0 saturated carbocycles. The number of aromatic nitrogens is 4. The van der Waals surface area contributed by atoms with Crippen LogP contribution in [0.1, 0.15) is 5.56 Å². The zero-order valence-electron chi connectivity index (χ0n) is 15.0. The van der Waals surface area contributed by atoms with Gasteiger partial charge in [-0.05, 0) is 63.8 Å². The first-order chi connectivity index (χ1) is 13.7. The minimum Gasteiger partial charge on any atom is -0.435 e. The Labute approximate surface area is 169 Å². The van der Waals surface area contributed by atoms with Crippen molar-refractivity contribution in [3.63, 3.8) is 0 Å². The Morgan fingerprint density at radius 2 is 1.68 bits per heavy atom. The third kappa shape index (κ3) is 2.82. The average molecular weight is 431 g/mol. The van der Waals surface area contributed by atoms with Gasteiger partial charge < -0.3 is 4.42 Å². The van der Waals surface area contributed by atoms with Gasteiger partial charge >= 0.3 is 0 Å². The highest BCUT2D eigenvalue weighted by molar-refractivity contribution is 9.10. The zero-order valence-corrected chi connectivity index (χ0v) is 16.6. The first-order valence-corrected chi connectivity index (χ1v) is 9.60. The summed E-state index contributed by atoms with van der Waals surface area (Å²) in [4.78, 5) is 4.78. The molecule has 0 aliphatic heterocycles. The van der Waals surface area contributed by atoms with Crippen LogP contribution in [0.25, 0.3) is 39.4 Å². The Morgan fingerprint density at radius 1 is 0.893 bits per heavy atom. The monoisotopic (exact) mass is 430 g/mol. The maximum absolute atomic E-state index is 6.13. The van der Waals surface area contributed by atoms with E-state index in [0.717, 1.165) is 43.5 Å². The molecule has 0 atom stereocenters. The molecule has 0 spiro atoms. The highest BCUT2D eigenvalue weighted by atomic mass is 79.9. The normalized spacial score (nSPS) is 11.2. The largest absolute Gasteiger partial charge is 0.435 e. The van der Waals surface area contributed by atoms with Gasteiger partial charge in [0, 0.05) is 5.56 Å². The van der Waals surface area contributed by atoms with Crippen molar-refractivity contribution in [3.05, 3.63) is 83.4 Å². The van der Waals surface area contributed by atoms with Crippen LogP contribution >= 0.6 is 15.9 Å². The number of rotatable bonds is 3. The standard InChI is InChI=1S/C22H15BrN4O/c1-14-17(8-5-9-20(14)27-12-24-25-13-27)22-26-19-11-16(10-18(23)21(19)28-22)15-6-3-2-4-7-15/h2-13H,1H3. The lowest BCUT2D eigenvalue weighted by Gasteiger charge is -2.08. The zero-order chi connectivity index (χ0) is 19.1. The smallest absolute Gasteiger partial charge is 0.227 e. The van der Waals surface area contributed by atoms with Crippen LogP contribution in [0.15, 0.2) is 82.2 Å². The maximum atomic E-state index is 6.13. The number of fused-ring (bicyclic) bond motifs is 1. The number of nitrogens with zero attached hydrogens (tertiary/aromatic N) is 4. The van der Waals surface area contributed by atoms with Crippen LogP contribution in [0.5, 0.6) is 0 Å². The van der Waals surface area contributed by atoms with Gasteiger partial charge in [0.25, 0.3) is 0 Å². The van der Waals surface area contributed by atoms with Crippen LogP contribution in [0.4, 0.5) is 0 Å². The topological polar surface area (TPSA) is 56.7 Å². The van der Waals surface area contributed by atoms with E-state index < -0.39 is 0 Å². The molecule has 6 heteroatoms. The van der Waals surface area contributed by atoms with E-state index in [1.54, 1.807) is 12.7 Å². The van der Waals surface area contributed by atoms with E-state index in [9.17, 15) is 0 Å². The molecule has 136 valence electrons. The Bertz CT molecular complexity index is 1280. The minimum absolute atomic E-state index is 0.591. The Balaban J connectivity index is 1.65. The van der Waals surface area contributed by atoms with Crippen molar-refractivity contribution in [1.29, 1.82) is 0 Å². The molecule has 0 amide bonds. The summed E-state index contributed by atoms with van der Waals surface area (Å²) in [6.45, 7) is 2.05. The second-order valence-corrected chi connectivity index (χ2v) is 7.36. The molecule has 0 fully saturated rings. The molecule has 5 nitrogen and oxygen atoms in total. The number of hydrogen-bond donors (Lipinski definition) is 0. The number of oxazole rings is 1. The summed E-state index contributed by atoms with van der Waals surface area (Å²) in [7, 11) is 0. The van der Waals surface area contributed by atoms with Gasteiger partial charge in [0.15, 0.2) is 5.58 Å². The lowest BCUT2D eigenvalue weighted by Crippen LogP contribution is -1.96. The van der Waals surface area contributed by atoms with Crippen molar-refractivity contribution >= 4 is 27.0 Å². The van der Waals surface area contributed by atoms with E-state index in [0.29, 0.717) is 5.89 Å². The van der Waals surface area contributed by atoms with E-state index in [1.165, 1.54) is 0 Å². The Kier molecular flexibility index (Phi) is 4.06. The van der Waals surface area contributed by atoms with Gasteiger partial charge in [-0.2, -0.15) is 0 Å². The number of benzene rings is 3. The predicted molar refractivity (Wildman–Crippen MR) is 112 cm³/mol. The molecule has 0 aliphatic rings. The van der Waals surface area contributed by atoms with Gasteiger partial charge in [-0.3, -0.25) is 4.57 Å². The van der Waals surface area contributed by atoms with E-state index >= 15 is 0 Å². The molecular formula is C22H15BrN4O. The van der Waals surface area contributed by atoms with Crippen molar-refractivity contribution < 1.29 is 4.42 Å². The average Bonchev–Trinajstić information content (AvgIpc) is 3.39. The van der Waals surface area contributed by atoms with Gasteiger partial charge in [0.2, 0.25) is 5.89 Å². The minimum atomic E-state index is 0.591. The van der Waals surface area contributed by atoms with Gasteiger partial charge in [-0.15, -0.1) is 10.2 Å². The summed E-state index contributed by atoms with van der Waals surface area (Å²) in [5.41, 5.74) is 6.77. The molecule has 0 saturated heterocycles. The van der Waals surface area contributed by atoms with Crippen molar-refractivity contribution in [2.45, 2.75) is 6.92 Å². The summed E-state index contributed by atoms with van der Waals surface area (Å²) in [6.07, 6.45) is 3.36. The maximum Gasteiger partial charge on any atom is 0.227 e. The third-order valence-corrected chi connectivity index (χ3v) is 5.37. The molecule has 0 unspecified atom stereocenters. The second-order valence-electron chi connectivity index (χ2n) is 6.51. The first kappa shape index (κ1) is 16.9. The summed E-state index contributed by atoms with van der Waals surface area (Å²) >= 11 is 3.64. The molecule has 28 heavy (non-hydrogen) atoms. The van der Waals surface area contributed by atoms with Crippen LogP contribution in [-0.4, -0.2) is 19.7 Å². The fourth-order valence-electron chi connectivity index (χ4n) is 3.36. The molecule has 3 aromatic carbocycles. The number of halogens is 1. The van der Waals surface area contributed by atoms with E-state index in [1.807, 2.05) is 47.9 Å². The van der Waals surface area contributed by atoms with Crippen molar-refractivity contribution in [1.82, 2.24) is 19.7 Å². The SMILES string of the molecule is Cc1c(-c2nc3cc(-c4ccccc4)cc(Br)c3o2)cccc1-n1cnnc1. The van der Waals surface area contributed by atoms with E-state index in [2.05, 4.69) is 50.4 Å². The molecule has 0 N–H and O–H groups in total. The van der Waals surface area contributed by atoms with Gasteiger partial charge in [-0.1, -0.05) is 36.4 Å². The predicted octanol–water partition coefficient (Wildman–Crippen LogP) is 5.81. The van der Waals surface area contributed by atoms with Crippen molar-refractivity contribution in [2.75, 3.05) is 0 Å². The van der Waals surface area contributed by atoms with Gasteiger partial charge in [-0.25, -0.2) is 4.98 Å². The molecule has 2 aromatic heterocycles. The summed E-state index contributed by atoms with van der Waals surface area (Å²) in [5, 5.41) is 7.79. The van der Waals surface area contributed by atoms with Crippen molar-refractivity contribution in [3.8, 4) is 28.3 Å². The molecule has 0 aliphatic carbocycles. The van der Waals surface area contributed by atoms with Crippen molar-refractivity contribution in [2.24, 2.45) is 0 Å². The molecule has 0 bridgehead atoms. The fourth-order valence-corrected chi connectivity index (χ4v) is 3.90. The lowest BCUT2D eigenvalue weighted by atomic mass is 10.1. The highest BCUT2D eigenvalue weighted by Gasteiger charge is 2.16. The van der Waals surface area contributed by atoms with Gasteiger partial charge in [0.05, 0.1) is 10.2 Å². The lowest BCUT2D eigenvalue weighted by molar-refractivity contribution is 0.617. The Morgan fingerprint density at radius 3 is 2.46 bits per heavy atom. The second kappa shape index (κ2) is 6.73. The molecular weight excluding hydrogens is 416 g/mol. The van der Waals surface area contributed by atoms with Crippen LogP contribution < -0.4 is 0 Å². The molecule has 2 heterocycles.